The number of fused-ring (bicyclic) bond motifs is 2. The van der Waals surface area contributed by atoms with Crippen LogP contribution in [0.15, 0.2) is 36.7 Å². The molecule has 0 radical (unpaired) electrons. The van der Waals surface area contributed by atoms with E-state index in [-0.39, 0.29) is 29.5 Å². The van der Waals surface area contributed by atoms with Crippen LogP contribution >= 0.6 is 11.3 Å². The number of hydrogen-bond donors (Lipinski definition) is 4. The zero-order valence-electron chi connectivity index (χ0n) is 23.8. The van der Waals surface area contributed by atoms with Gasteiger partial charge >= 0.3 is 6.03 Å². The van der Waals surface area contributed by atoms with E-state index in [0.29, 0.717) is 59.1 Å². The number of piperidine rings is 1. The summed E-state index contributed by atoms with van der Waals surface area (Å²) in [4.78, 5) is 53.8. The van der Waals surface area contributed by atoms with Crippen molar-refractivity contribution < 1.29 is 19.1 Å². The molecule has 0 bridgehead atoms. The second-order valence-corrected chi connectivity index (χ2v) is 11.4. The summed E-state index contributed by atoms with van der Waals surface area (Å²) in [6.07, 6.45) is 3.91. The fourth-order valence-electron chi connectivity index (χ4n) is 5.28. The molecule has 3 amide bonds. The molecule has 1 fully saturated rings. The first kappa shape index (κ1) is 28.4. The van der Waals surface area contributed by atoms with Gasteiger partial charge in [-0.15, -0.1) is 16.9 Å². The Bertz CT molecular complexity index is 1690. The molecule has 0 spiro atoms. The number of thiophene rings is 1. The number of amides is 3. The SMILES string of the molecule is CCNC(=O)c1cc2c(-c3cccc(OCCC4CCN(C(=O)c5ncn6c5NNN(C)C6=O)CC4)c3)nc(N)nc2s1. The number of nitrogen functional groups attached to an aromatic ring is 1. The lowest BCUT2D eigenvalue weighted by Crippen LogP contribution is -2.50. The average Bonchev–Trinajstić information content (AvgIpc) is 3.64. The van der Waals surface area contributed by atoms with E-state index in [9.17, 15) is 14.4 Å². The Morgan fingerprint density at radius 2 is 2.02 bits per heavy atom. The van der Waals surface area contributed by atoms with Crippen LogP contribution in [0.5, 0.6) is 5.75 Å². The Hall–Kier alpha value is -4.76. The maximum atomic E-state index is 13.1. The van der Waals surface area contributed by atoms with E-state index in [1.807, 2.05) is 31.2 Å². The van der Waals surface area contributed by atoms with Crippen LogP contribution in [0.1, 0.15) is 46.3 Å². The highest BCUT2D eigenvalue weighted by Crippen LogP contribution is 2.34. The first-order valence-corrected chi connectivity index (χ1v) is 14.9. The molecule has 1 aromatic carbocycles. The van der Waals surface area contributed by atoms with Gasteiger partial charge in [-0.3, -0.25) is 15.0 Å². The second kappa shape index (κ2) is 11.9. The third-order valence-electron chi connectivity index (χ3n) is 7.58. The highest BCUT2D eigenvalue weighted by Gasteiger charge is 2.31. The minimum Gasteiger partial charge on any atom is -0.494 e. The molecule has 43 heavy (non-hydrogen) atoms. The first-order chi connectivity index (χ1) is 20.8. The Morgan fingerprint density at radius 1 is 1.21 bits per heavy atom. The van der Waals surface area contributed by atoms with Crippen LogP contribution in [0.25, 0.3) is 21.5 Å². The topological polar surface area (TPSA) is 173 Å². The lowest BCUT2D eigenvalue weighted by atomic mass is 9.94. The number of ether oxygens (including phenoxy) is 1. The maximum absolute atomic E-state index is 13.1. The van der Waals surface area contributed by atoms with Crippen LogP contribution in [0, 0.1) is 5.92 Å². The first-order valence-electron chi connectivity index (χ1n) is 14.1. The number of rotatable bonds is 8. The molecule has 0 atom stereocenters. The van der Waals surface area contributed by atoms with Crippen molar-refractivity contribution >= 4 is 51.2 Å². The standard InChI is InChI=1S/C28H32N10O4S/c1-3-30-24(39)20-14-19-21(32-27(29)33-25(19)43-20)17-5-4-6-18(13-17)42-12-9-16-7-10-37(11-8-16)26(40)22-23-34-35-36(2)28(41)38(23)15-31-22/h4-6,13-16,34-35H,3,7-12H2,1-2H3,(H,30,39)(H2,29,32,33). The maximum Gasteiger partial charge on any atom is 0.346 e. The number of carbonyl (C=O) groups excluding carboxylic acids is 3. The van der Waals surface area contributed by atoms with Crippen molar-refractivity contribution in [3.05, 3.63) is 47.2 Å². The highest BCUT2D eigenvalue weighted by molar-refractivity contribution is 7.20. The van der Waals surface area contributed by atoms with Gasteiger partial charge in [-0.25, -0.2) is 29.3 Å². The van der Waals surface area contributed by atoms with Crippen molar-refractivity contribution in [2.24, 2.45) is 5.92 Å². The summed E-state index contributed by atoms with van der Waals surface area (Å²) in [5, 5.41) is 4.85. The van der Waals surface area contributed by atoms with E-state index >= 15 is 0 Å². The Kier molecular flexibility index (Phi) is 7.82. The third-order valence-corrected chi connectivity index (χ3v) is 8.61. The van der Waals surface area contributed by atoms with Crippen LogP contribution in [0.4, 0.5) is 16.6 Å². The van der Waals surface area contributed by atoms with Gasteiger partial charge < -0.3 is 20.7 Å². The largest absolute Gasteiger partial charge is 0.494 e. The number of hydrazine groups is 2. The number of aromatic nitrogens is 4. The summed E-state index contributed by atoms with van der Waals surface area (Å²) in [5.41, 5.74) is 13.3. The molecular weight excluding hydrogens is 572 g/mol. The molecule has 3 aromatic heterocycles. The second-order valence-electron chi connectivity index (χ2n) is 10.4. The third kappa shape index (κ3) is 5.68. The van der Waals surface area contributed by atoms with Gasteiger partial charge in [-0.05, 0) is 50.3 Å². The van der Waals surface area contributed by atoms with Crippen molar-refractivity contribution in [1.29, 1.82) is 0 Å². The molecule has 0 saturated carbocycles. The van der Waals surface area contributed by atoms with Gasteiger partial charge in [0.15, 0.2) is 11.5 Å². The number of hydrogen-bond acceptors (Lipinski definition) is 11. The number of carbonyl (C=O) groups is 3. The van der Waals surface area contributed by atoms with Crippen molar-refractivity contribution in [1.82, 2.24) is 40.3 Å². The normalized spacial score (nSPS) is 15.3. The lowest BCUT2D eigenvalue weighted by Gasteiger charge is -2.32. The number of nitrogens with zero attached hydrogens (tertiary/aromatic N) is 6. The molecule has 1 saturated heterocycles. The van der Waals surface area contributed by atoms with Gasteiger partial charge in [-0.2, -0.15) is 0 Å². The number of anilines is 2. The summed E-state index contributed by atoms with van der Waals surface area (Å²) in [6, 6.07) is 9.13. The Morgan fingerprint density at radius 3 is 2.81 bits per heavy atom. The summed E-state index contributed by atoms with van der Waals surface area (Å²) in [7, 11) is 1.58. The van der Waals surface area contributed by atoms with Crippen LogP contribution in [0.3, 0.4) is 0 Å². The van der Waals surface area contributed by atoms with Gasteiger partial charge in [0.25, 0.3) is 11.8 Å². The predicted octanol–water partition coefficient (Wildman–Crippen LogP) is 2.95. The zero-order valence-corrected chi connectivity index (χ0v) is 24.6. The van der Waals surface area contributed by atoms with Crippen molar-refractivity contribution in [3.8, 4) is 17.0 Å². The quantitative estimate of drug-likeness (QED) is 0.234. The van der Waals surface area contributed by atoms with E-state index in [1.165, 1.54) is 27.2 Å². The van der Waals surface area contributed by atoms with Crippen molar-refractivity contribution in [3.63, 3.8) is 0 Å². The minimum atomic E-state index is -0.323. The fourth-order valence-corrected chi connectivity index (χ4v) is 6.24. The molecule has 2 aliphatic rings. The molecule has 0 unspecified atom stereocenters. The molecule has 2 aliphatic heterocycles. The summed E-state index contributed by atoms with van der Waals surface area (Å²) >= 11 is 1.28. The monoisotopic (exact) mass is 604 g/mol. The van der Waals surface area contributed by atoms with Crippen LogP contribution in [-0.4, -0.2) is 80.6 Å². The van der Waals surface area contributed by atoms with Gasteiger partial charge in [0.2, 0.25) is 5.95 Å². The van der Waals surface area contributed by atoms with Crippen LogP contribution in [0.2, 0.25) is 0 Å². The molecule has 224 valence electrons. The smallest absolute Gasteiger partial charge is 0.346 e. The van der Waals surface area contributed by atoms with Gasteiger partial charge in [0.05, 0.1) is 17.2 Å². The molecule has 15 heteroatoms. The molecule has 5 heterocycles. The number of likely N-dealkylation sites (tertiary alicyclic amines) is 1. The Balaban J connectivity index is 1.05. The van der Waals surface area contributed by atoms with Crippen LogP contribution < -0.4 is 26.7 Å². The number of nitrogens with one attached hydrogen (secondary N) is 3. The van der Waals surface area contributed by atoms with E-state index in [1.54, 1.807) is 18.0 Å². The number of nitrogens with two attached hydrogens (primary N) is 1. The summed E-state index contributed by atoms with van der Waals surface area (Å²) in [5.74, 6) is 1.26. The van der Waals surface area contributed by atoms with Crippen molar-refractivity contribution in [2.45, 2.75) is 26.2 Å². The van der Waals surface area contributed by atoms with E-state index in [0.717, 1.165) is 30.2 Å². The summed E-state index contributed by atoms with van der Waals surface area (Å²) < 4.78 is 7.44. The molecule has 4 aromatic rings. The van der Waals surface area contributed by atoms with E-state index < -0.39 is 0 Å². The molecular formula is C28H32N10O4S. The fraction of sp³-hybridized carbons (Fsp3) is 0.357. The van der Waals surface area contributed by atoms with E-state index in [2.05, 4.69) is 31.2 Å². The van der Waals surface area contributed by atoms with E-state index in [4.69, 9.17) is 10.5 Å². The highest BCUT2D eigenvalue weighted by atomic mass is 32.1. The van der Waals surface area contributed by atoms with Crippen molar-refractivity contribution in [2.75, 3.05) is 44.4 Å². The zero-order chi connectivity index (χ0) is 30.1. The molecule has 5 N–H and O–H groups in total. The summed E-state index contributed by atoms with van der Waals surface area (Å²) in [6.45, 7) is 4.16. The molecule has 0 aliphatic carbocycles. The molecule has 6 rings (SSSR count). The predicted molar refractivity (Wildman–Crippen MR) is 162 cm³/mol. The minimum absolute atomic E-state index is 0.143. The van der Waals surface area contributed by atoms with Gasteiger partial charge in [0.1, 0.15) is 16.9 Å². The number of imidazole rings is 1. The van der Waals surface area contributed by atoms with Gasteiger partial charge in [-0.1, -0.05) is 12.1 Å². The van der Waals surface area contributed by atoms with Crippen LogP contribution in [-0.2, 0) is 0 Å². The average molecular weight is 605 g/mol. The number of benzene rings is 1. The Labute approximate surface area is 251 Å². The van der Waals surface area contributed by atoms with Gasteiger partial charge in [0, 0.05) is 37.6 Å². The lowest BCUT2D eigenvalue weighted by molar-refractivity contribution is 0.0675. The molecule has 14 nitrogen and oxygen atoms in total.